The fraction of sp³-hybridized carbons (Fsp3) is 0.100. The van der Waals surface area contributed by atoms with Gasteiger partial charge in [0, 0.05) is 93.0 Å². The molecule has 2 aromatic heterocycles. The molecule has 0 N–H and O–H groups in total. The number of rotatable bonds is 8. The van der Waals surface area contributed by atoms with E-state index in [0.29, 0.717) is 61.5 Å². The summed E-state index contributed by atoms with van der Waals surface area (Å²) in [6.07, 6.45) is 1.32. The van der Waals surface area contributed by atoms with Crippen molar-refractivity contribution in [1.82, 2.24) is 9.55 Å². The Morgan fingerprint density at radius 2 is 1.29 bits per heavy atom. The van der Waals surface area contributed by atoms with Crippen LogP contribution in [0.1, 0.15) is 63.3 Å². The number of benzene rings is 8. The molecule has 66 heavy (non-hydrogen) atoms. The molecule has 0 unspecified atom stereocenters. The van der Waals surface area contributed by atoms with Crippen LogP contribution in [0.3, 0.4) is 0 Å². The number of ether oxygens (including phenoxy) is 1. The molecule has 11 rings (SSSR count). The first-order valence-electron chi connectivity index (χ1n) is 30.1. The maximum Gasteiger partial charge on any atom is 0.135 e. The van der Waals surface area contributed by atoms with Crippen LogP contribution in [0.25, 0.3) is 61.0 Å². The van der Waals surface area contributed by atoms with E-state index >= 15 is 0 Å². The van der Waals surface area contributed by atoms with Crippen molar-refractivity contribution in [2.45, 2.75) is 39.7 Å². The smallest absolute Gasteiger partial charge is 0.135 e. The van der Waals surface area contributed by atoms with Crippen LogP contribution in [0.5, 0.6) is 11.5 Å². The van der Waals surface area contributed by atoms with Gasteiger partial charge in [-0.15, -0.1) is 48.1 Å². The molecular weight excluding hydrogens is 988 g/mol. The van der Waals surface area contributed by atoms with Crippen molar-refractivity contribution in [3.63, 3.8) is 0 Å². The summed E-state index contributed by atoms with van der Waals surface area (Å²) in [6.45, 7) is -13.5. The normalized spacial score (nSPS) is 17.5. The summed E-state index contributed by atoms with van der Waals surface area (Å²) in [5.41, 5.74) is 2.93. The summed E-state index contributed by atoms with van der Waals surface area (Å²) >= 11 is 0. The molecule has 3 heterocycles. The number of anilines is 4. The molecule has 0 fully saturated rings. The van der Waals surface area contributed by atoms with Crippen molar-refractivity contribution < 1.29 is 51.8 Å². The molecular formula is C60H47N4OPt-3. The Kier molecular flexibility index (Phi) is 6.84. The van der Waals surface area contributed by atoms with E-state index in [4.69, 9.17) is 30.8 Å². The molecule has 0 atom stereocenters. The van der Waals surface area contributed by atoms with Gasteiger partial charge >= 0.3 is 0 Å². The zero-order valence-corrected chi connectivity index (χ0v) is 37.0. The van der Waals surface area contributed by atoms with Gasteiger partial charge in [0.25, 0.3) is 0 Å². The van der Waals surface area contributed by atoms with E-state index in [-0.39, 0.29) is 78.0 Å². The summed E-state index contributed by atoms with van der Waals surface area (Å²) in [5, 5.41) is 0.557. The zero-order chi connectivity index (χ0) is 60.2. The molecule has 5 nitrogen and oxygen atoms in total. The summed E-state index contributed by atoms with van der Waals surface area (Å²) in [7, 11) is 0. The van der Waals surface area contributed by atoms with Gasteiger partial charge in [0.15, 0.2) is 0 Å². The van der Waals surface area contributed by atoms with Crippen molar-refractivity contribution in [1.29, 1.82) is 0 Å². The average Bonchev–Trinajstić information content (AvgIpc) is 1.35. The Bertz CT molecular complexity index is 4170. The van der Waals surface area contributed by atoms with Crippen LogP contribution in [-0.4, -0.2) is 9.55 Å². The van der Waals surface area contributed by atoms with Gasteiger partial charge in [-0.2, -0.15) is 12.1 Å². The molecule has 0 amide bonds. The van der Waals surface area contributed by atoms with Gasteiger partial charge in [0.05, 0.1) is 5.48 Å². The molecule has 0 radical (unpaired) electrons. The molecule has 10 aromatic rings. The van der Waals surface area contributed by atoms with Crippen molar-refractivity contribution in [2.75, 3.05) is 9.80 Å². The van der Waals surface area contributed by atoms with Crippen LogP contribution in [0.15, 0.2) is 188 Å². The van der Waals surface area contributed by atoms with Crippen molar-refractivity contribution in [3.8, 4) is 50.7 Å². The minimum Gasteiger partial charge on any atom is -0.509 e. The second-order valence-corrected chi connectivity index (χ2v) is 15.5. The molecule has 8 aromatic carbocycles. The quantitative estimate of drug-likeness (QED) is 0.142. The number of fused-ring (bicyclic) bond motifs is 4. The first-order valence-corrected chi connectivity index (χ1v) is 20.6. The Morgan fingerprint density at radius 1 is 0.621 bits per heavy atom. The number of aryl methyl sites for hydroxylation is 2. The molecule has 326 valence electrons. The molecule has 6 heteroatoms. The maximum absolute atomic E-state index is 8.96. The van der Waals surface area contributed by atoms with E-state index in [0.717, 1.165) is 0 Å². The van der Waals surface area contributed by atoms with E-state index in [1.165, 1.54) is 47.2 Å². The standard InChI is InChI=1S/C60H47N4O.Pt/c1-40-34-35-61-58(36-40)64-54-21-9-8-18-52(54)53-33-32-48(38-57(53)64)65-47-16-12-15-46(37-47)62-39-63(56-23-11-10-22-55(56)62)59-50(43-26-24-42(25-27-43)49-17-7-6-14-41(49)2)19-13-20-51(59)44-28-30-45(31-29-44)60(3,4)5;/h6-36,39H,1-5H3;/q-3;/i1D3,2D3,3D3,4D3,5D3,8D,9D,18D,21D;. The molecule has 0 bridgehead atoms. The van der Waals surface area contributed by atoms with Gasteiger partial charge in [-0.1, -0.05) is 147 Å². The van der Waals surface area contributed by atoms with Gasteiger partial charge in [0.2, 0.25) is 0 Å². The first-order chi connectivity index (χ1) is 39.5. The van der Waals surface area contributed by atoms with E-state index < -0.39 is 57.3 Å². The molecule has 0 aliphatic carbocycles. The van der Waals surface area contributed by atoms with Gasteiger partial charge in [-0.05, 0) is 93.8 Å². The van der Waals surface area contributed by atoms with Crippen LogP contribution >= 0.6 is 0 Å². The third-order valence-electron chi connectivity index (χ3n) is 11.5. The fourth-order valence-corrected chi connectivity index (χ4v) is 8.42. The van der Waals surface area contributed by atoms with Crippen LogP contribution in [0.2, 0.25) is 0 Å². The fourth-order valence-electron chi connectivity index (χ4n) is 8.42. The van der Waals surface area contributed by atoms with E-state index in [1.807, 2.05) is 89.3 Å². The van der Waals surface area contributed by atoms with Gasteiger partial charge in [-0.3, -0.25) is 0 Å². The second kappa shape index (κ2) is 17.3. The van der Waals surface area contributed by atoms with Gasteiger partial charge < -0.3 is 19.1 Å². The van der Waals surface area contributed by atoms with Crippen LogP contribution in [0.4, 0.5) is 22.7 Å². The molecule has 1 aliphatic heterocycles. The van der Waals surface area contributed by atoms with Crippen molar-refractivity contribution >= 4 is 44.6 Å². The Morgan fingerprint density at radius 3 is 2.05 bits per heavy atom. The van der Waals surface area contributed by atoms with Crippen LogP contribution in [-0.2, 0) is 26.5 Å². The van der Waals surface area contributed by atoms with Crippen LogP contribution in [0, 0.1) is 32.5 Å². The van der Waals surface area contributed by atoms with E-state index in [1.54, 1.807) is 48.5 Å². The SMILES string of the molecule is [2H]c1c([2H])c([2H])c2c(c1[2H])c1ccc(Oc3[c-]c(N4[CH-]N(c5c(-c6ccc(-c7ccccc7C([2H])([2H])[2H])cc6)cccc5-c5ccc(C(C([2H])([2H])[2H])(C([2H])([2H])[2H])C([2H])([2H])[2H])cc5)c5ccccc54)ccc3)[c-]c1n2-c1cc(C([2H])([2H])[2H])ccn1.[Pt]. The minimum atomic E-state index is -3.48. The van der Waals surface area contributed by atoms with Crippen molar-refractivity contribution in [2.24, 2.45) is 0 Å². The monoisotopic (exact) mass is 1050 g/mol. The van der Waals surface area contributed by atoms with Crippen molar-refractivity contribution in [3.05, 3.63) is 224 Å². The van der Waals surface area contributed by atoms with E-state index in [9.17, 15) is 0 Å². The third-order valence-corrected chi connectivity index (χ3v) is 11.5. The summed E-state index contributed by atoms with van der Waals surface area (Å²) in [5.74, 6) is 0.461. The Balaban J connectivity index is 0.00000803. The number of hydrogen-bond donors (Lipinski definition) is 0. The average molecular weight is 1050 g/mol. The second-order valence-electron chi connectivity index (χ2n) is 15.5. The number of nitrogens with zero attached hydrogens (tertiary/aromatic N) is 4. The van der Waals surface area contributed by atoms with Gasteiger partial charge in [-0.25, -0.2) is 4.98 Å². The third kappa shape index (κ3) is 7.78. The summed E-state index contributed by atoms with van der Waals surface area (Å²) in [4.78, 5) is 8.28. The predicted molar refractivity (Wildman–Crippen MR) is 269 cm³/mol. The number of pyridine rings is 1. The maximum atomic E-state index is 8.96. The number of aromatic nitrogens is 2. The Labute approximate surface area is 428 Å². The van der Waals surface area contributed by atoms with E-state index in [2.05, 4.69) is 17.1 Å². The number of para-hydroxylation sites is 4. The largest absolute Gasteiger partial charge is 0.509 e. The summed E-state index contributed by atoms with van der Waals surface area (Å²) in [6, 6.07) is 48.9. The molecule has 0 saturated carbocycles. The molecule has 1 aliphatic rings. The number of hydrogen-bond acceptors (Lipinski definition) is 4. The van der Waals surface area contributed by atoms with Crippen LogP contribution < -0.4 is 14.5 Å². The first kappa shape index (κ1) is 26.1. The minimum absolute atomic E-state index is 0. The van der Waals surface area contributed by atoms with Gasteiger partial charge in [0.1, 0.15) is 5.82 Å². The summed E-state index contributed by atoms with van der Waals surface area (Å²) < 4.78 is 167. The topological polar surface area (TPSA) is 33.5 Å². The zero-order valence-electron chi connectivity index (χ0n) is 53.7. The predicted octanol–water partition coefficient (Wildman–Crippen LogP) is 15.9. The molecule has 0 spiro atoms. The molecule has 0 saturated heterocycles. The Hall–Kier alpha value is -7.20.